The highest BCUT2D eigenvalue weighted by molar-refractivity contribution is 6.31. The second-order valence-electron chi connectivity index (χ2n) is 3.19. The Kier molecular flexibility index (Phi) is 3.84. The normalized spacial score (nSPS) is 12.9. The van der Waals surface area contributed by atoms with Crippen LogP contribution in [0, 0.1) is 11.6 Å². The number of hydrogen-bond donors (Lipinski definition) is 1. The SMILES string of the molecule is CCC(N)Cc1c(F)ccc(F)c1Cl. The molecule has 0 spiro atoms. The monoisotopic (exact) mass is 219 g/mol. The second-order valence-corrected chi connectivity index (χ2v) is 3.57. The van der Waals surface area contributed by atoms with Gasteiger partial charge in [-0.25, -0.2) is 8.78 Å². The molecule has 0 bridgehead atoms. The van der Waals surface area contributed by atoms with E-state index in [0.717, 1.165) is 12.1 Å². The maximum Gasteiger partial charge on any atom is 0.142 e. The van der Waals surface area contributed by atoms with E-state index >= 15 is 0 Å². The Morgan fingerprint density at radius 2 is 1.93 bits per heavy atom. The summed E-state index contributed by atoms with van der Waals surface area (Å²) in [6.45, 7) is 1.88. The molecule has 1 rings (SSSR count). The van der Waals surface area contributed by atoms with Crippen LogP contribution in [-0.2, 0) is 6.42 Å². The standard InChI is InChI=1S/C10H12ClF2N/c1-2-6(14)5-7-8(12)3-4-9(13)10(7)11/h3-4,6H,2,5,14H2,1H3. The maximum absolute atomic E-state index is 13.2. The lowest BCUT2D eigenvalue weighted by atomic mass is 10.0. The molecule has 14 heavy (non-hydrogen) atoms. The molecule has 78 valence electrons. The van der Waals surface area contributed by atoms with Crippen molar-refractivity contribution in [3.05, 3.63) is 34.4 Å². The zero-order valence-corrected chi connectivity index (χ0v) is 8.61. The first-order valence-corrected chi connectivity index (χ1v) is 4.82. The average Bonchev–Trinajstić information content (AvgIpc) is 2.18. The summed E-state index contributed by atoms with van der Waals surface area (Å²) >= 11 is 5.63. The van der Waals surface area contributed by atoms with E-state index in [-0.39, 0.29) is 23.0 Å². The molecule has 1 unspecified atom stereocenters. The molecule has 1 nitrogen and oxygen atoms in total. The maximum atomic E-state index is 13.2. The molecule has 0 heterocycles. The summed E-state index contributed by atoms with van der Waals surface area (Å²) in [5, 5.41) is -0.158. The largest absolute Gasteiger partial charge is 0.327 e. The van der Waals surface area contributed by atoms with Gasteiger partial charge < -0.3 is 5.73 Å². The van der Waals surface area contributed by atoms with Crippen molar-refractivity contribution >= 4 is 11.6 Å². The molecule has 0 amide bonds. The Hall–Kier alpha value is -0.670. The summed E-state index contributed by atoms with van der Waals surface area (Å²) in [5.74, 6) is -1.10. The minimum absolute atomic E-state index is 0.158. The van der Waals surface area contributed by atoms with Gasteiger partial charge in [0.1, 0.15) is 11.6 Å². The Morgan fingerprint density at radius 1 is 1.36 bits per heavy atom. The first-order valence-electron chi connectivity index (χ1n) is 4.44. The van der Waals surface area contributed by atoms with E-state index in [1.165, 1.54) is 0 Å². The van der Waals surface area contributed by atoms with Gasteiger partial charge >= 0.3 is 0 Å². The van der Waals surface area contributed by atoms with E-state index in [2.05, 4.69) is 0 Å². The fraction of sp³-hybridized carbons (Fsp3) is 0.400. The van der Waals surface area contributed by atoms with Crippen molar-refractivity contribution in [2.75, 3.05) is 0 Å². The van der Waals surface area contributed by atoms with Gasteiger partial charge in [-0.05, 0) is 25.0 Å². The number of nitrogens with two attached hydrogens (primary N) is 1. The summed E-state index contributed by atoms with van der Waals surface area (Å²) in [6.07, 6.45) is 0.964. The van der Waals surface area contributed by atoms with Crippen LogP contribution in [0.4, 0.5) is 8.78 Å². The molecule has 0 aliphatic heterocycles. The van der Waals surface area contributed by atoms with E-state index < -0.39 is 11.6 Å². The van der Waals surface area contributed by atoms with E-state index in [9.17, 15) is 8.78 Å². The lowest BCUT2D eigenvalue weighted by molar-refractivity contribution is 0.563. The van der Waals surface area contributed by atoms with Crippen LogP contribution in [0.5, 0.6) is 0 Å². The zero-order valence-electron chi connectivity index (χ0n) is 7.86. The molecule has 0 fully saturated rings. The lowest BCUT2D eigenvalue weighted by Crippen LogP contribution is -2.22. The van der Waals surface area contributed by atoms with Crippen LogP contribution in [0.1, 0.15) is 18.9 Å². The van der Waals surface area contributed by atoms with Crippen molar-refractivity contribution in [3.8, 4) is 0 Å². The lowest BCUT2D eigenvalue weighted by Gasteiger charge is -2.11. The molecule has 4 heteroatoms. The van der Waals surface area contributed by atoms with Crippen molar-refractivity contribution in [3.63, 3.8) is 0 Å². The molecule has 0 aliphatic rings. The smallest absolute Gasteiger partial charge is 0.142 e. The highest BCUT2D eigenvalue weighted by atomic mass is 35.5. The third kappa shape index (κ3) is 2.42. The van der Waals surface area contributed by atoms with Crippen LogP contribution in [0.25, 0.3) is 0 Å². The molecule has 1 aromatic rings. The average molecular weight is 220 g/mol. The molecular formula is C10H12ClF2N. The Balaban J connectivity index is 3.00. The predicted molar refractivity (Wildman–Crippen MR) is 53.3 cm³/mol. The van der Waals surface area contributed by atoms with E-state index in [1.54, 1.807) is 0 Å². The highest BCUT2D eigenvalue weighted by Gasteiger charge is 2.14. The zero-order chi connectivity index (χ0) is 10.7. The van der Waals surface area contributed by atoms with Crippen LogP contribution in [0.2, 0.25) is 5.02 Å². The Labute approximate surface area is 86.9 Å². The van der Waals surface area contributed by atoms with Crippen LogP contribution >= 0.6 is 11.6 Å². The van der Waals surface area contributed by atoms with Crippen LogP contribution in [0.15, 0.2) is 12.1 Å². The van der Waals surface area contributed by atoms with Gasteiger partial charge in [-0.2, -0.15) is 0 Å². The molecule has 0 saturated carbocycles. The quantitative estimate of drug-likeness (QED) is 0.778. The molecule has 1 atom stereocenters. The minimum Gasteiger partial charge on any atom is -0.327 e. The number of halogens is 3. The van der Waals surface area contributed by atoms with Gasteiger partial charge in [0.2, 0.25) is 0 Å². The summed E-state index contributed by atoms with van der Waals surface area (Å²) in [6, 6.07) is 1.89. The van der Waals surface area contributed by atoms with Crippen molar-refractivity contribution in [1.82, 2.24) is 0 Å². The van der Waals surface area contributed by atoms with Crippen molar-refractivity contribution in [2.24, 2.45) is 5.73 Å². The summed E-state index contributed by atoms with van der Waals surface area (Å²) < 4.78 is 26.2. The van der Waals surface area contributed by atoms with Gasteiger partial charge in [-0.3, -0.25) is 0 Å². The number of benzene rings is 1. The van der Waals surface area contributed by atoms with Crippen LogP contribution in [-0.4, -0.2) is 6.04 Å². The van der Waals surface area contributed by atoms with Gasteiger partial charge in [0.25, 0.3) is 0 Å². The molecule has 0 saturated heterocycles. The Morgan fingerprint density at radius 3 is 2.50 bits per heavy atom. The van der Waals surface area contributed by atoms with Crippen molar-refractivity contribution < 1.29 is 8.78 Å². The fourth-order valence-electron chi connectivity index (χ4n) is 1.16. The summed E-state index contributed by atoms with van der Waals surface area (Å²) in [4.78, 5) is 0. The summed E-state index contributed by atoms with van der Waals surface area (Å²) in [7, 11) is 0. The minimum atomic E-state index is -0.605. The Bertz CT molecular complexity index is 328. The van der Waals surface area contributed by atoms with E-state index in [4.69, 9.17) is 17.3 Å². The number of rotatable bonds is 3. The van der Waals surface area contributed by atoms with Crippen LogP contribution < -0.4 is 5.73 Å². The molecular weight excluding hydrogens is 208 g/mol. The topological polar surface area (TPSA) is 26.0 Å². The number of hydrogen-bond acceptors (Lipinski definition) is 1. The third-order valence-electron chi connectivity index (χ3n) is 2.13. The summed E-state index contributed by atoms with van der Waals surface area (Å²) in [5.41, 5.74) is 5.81. The van der Waals surface area contributed by atoms with E-state index in [0.29, 0.717) is 6.42 Å². The van der Waals surface area contributed by atoms with Gasteiger partial charge in [-0.1, -0.05) is 18.5 Å². The first-order chi connectivity index (χ1) is 6.56. The van der Waals surface area contributed by atoms with Gasteiger partial charge in [0.15, 0.2) is 0 Å². The van der Waals surface area contributed by atoms with Gasteiger partial charge in [0.05, 0.1) is 5.02 Å². The third-order valence-corrected chi connectivity index (χ3v) is 2.54. The predicted octanol–water partition coefficient (Wildman–Crippen LogP) is 2.90. The van der Waals surface area contributed by atoms with E-state index in [1.807, 2.05) is 6.92 Å². The van der Waals surface area contributed by atoms with Gasteiger partial charge in [-0.15, -0.1) is 0 Å². The molecule has 1 aromatic carbocycles. The molecule has 2 N–H and O–H groups in total. The second kappa shape index (κ2) is 4.71. The van der Waals surface area contributed by atoms with Crippen molar-refractivity contribution in [1.29, 1.82) is 0 Å². The highest BCUT2D eigenvalue weighted by Crippen LogP contribution is 2.24. The van der Waals surface area contributed by atoms with Gasteiger partial charge in [0, 0.05) is 11.6 Å². The molecule has 0 aromatic heterocycles. The fourth-order valence-corrected chi connectivity index (χ4v) is 1.39. The molecule has 0 aliphatic carbocycles. The first kappa shape index (κ1) is 11.4. The van der Waals surface area contributed by atoms with Crippen molar-refractivity contribution in [2.45, 2.75) is 25.8 Å². The van der Waals surface area contributed by atoms with Crippen LogP contribution in [0.3, 0.4) is 0 Å². The molecule has 0 radical (unpaired) electrons.